The molecule has 1 aromatic heterocycles. The summed E-state index contributed by atoms with van der Waals surface area (Å²) in [6.45, 7) is -0.485. The molecule has 0 saturated heterocycles. The van der Waals surface area contributed by atoms with Gasteiger partial charge in [-0.2, -0.15) is 6.42 Å². The second kappa shape index (κ2) is 12.3. The van der Waals surface area contributed by atoms with Gasteiger partial charge in [-0.05, 0) is 36.1 Å². The number of nitrogens with zero attached hydrogens (tertiary/aromatic N) is 1. The average molecular weight is 494 g/mol. The summed E-state index contributed by atoms with van der Waals surface area (Å²) in [7, 11) is 0. The largest absolute Gasteiger partial charge is 0.542 e. The Bertz CT molecular complexity index is 1100. The number of aromatic nitrogens is 1. The molecule has 0 spiro atoms. The minimum atomic E-state index is -0.904. The molecular weight excluding hydrogens is 473 g/mol. The summed E-state index contributed by atoms with van der Waals surface area (Å²) in [5, 5.41) is 3.90. The van der Waals surface area contributed by atoms with Crippen molar-refractivity contribution in [1.82, 2.24) is 9.88 Å². The van der Waals surface area contributed by atoms with Crippen LogP contribution in [0.15, 0.2) is 71.7 Å². The maximum atomic E-state index is 12.6. The minimum absolute atomic E-state index is 0. The number of ether oxygens (including phenoxy) is 1. The van der Waals surface area contributed by atoms with E-state index in [1.807, 2.05) is 18.2 Å². The van der Waals surface area contributed by atoms with Crippen molar-refractivity contribution in [2.24, 2.45) is 0 Å². The molecule has 0 aliphatic carbocycles. The van der Waals surface area contributed by atoms with Crippen molar-refractivity contribution in [2.45, 2.75) is 25.4 Å². The molecule has 0 bridgehead atoms. The fourth-order valence-electron chi connectivity index (χ4n) is 3.04. The molecule has 1 N–H and O–H groups in total. The molecule has 1 radical (unpaired) electrons. The van der Waals surface area contributed by atoms with Crippen LogP contribution in [0.2, 0.25) is 0 Å². The topological polar surface area (TPSA) is 94.5 Å². The summed E-state index contributed by atoms with van der Waals surface area (Å²) in [5.41, 5.74) is -0.292. The van der Waals surface area contributed by atoms with Crippen LogP contribution in [0.4, 0.5) is 0 Å². The fourth-order valence-corrected chi connectivity index (χ4v) is 3.04. The van der Waals surface area contributed by atoms with Gasteiger partial charge >= 0.3 is 0 Å². The first-order chi connectivity index (χ1) is 14.6. The quantitative estimate of drug-likeness (QED) is 0.436. The van der Waals surface area contributed by atoms with E-state index in [9.17, 15) is 19.2 Å². The standard InChI is InChI=1S/C23H21N2O5.Y/c26-14-6-11-20(21(27)16-30-18-8-2-1-3-9-18)24-22(28)15-25-13-12-17-7-4-5-10-19(17)23(25)29;/h1-5,7-10,12-13,20H,6,11,15-16H2,(H,24,28);/q-1;. The number of benzene rings is 2. The Kier molecular flexibility index (Phi) is 9.75. The third kappa shape index (κ3) is 6.94. The molecular formula is C23H21N2O5Y-. The van der Waals surface area contributed by atoms with E-state index in [4.69, 9.17) is 4.74 Å². The van der Waals surface area contributed by atoms with E-state index in [0.29, 0.717) is 11.1 Å². The number of amides is 1. The van der Waals surface area contributed by atoms with Crippen molar-refractivity contribution < 1.29 is 51.8 Å². The van der Waals surface area contributed by atoms with E-state index in [1.54, 1.807) is 54.9 Å². The van der Waals surface area contributed by atoms with E-state index in [0.717, 1.165) is 5.39 Å². The van der Waals surface area contributed by atoms with Gasteiger partial charge in [-0.3, -0.25) is 20.7 Å². The van der Waals surface area contributed by atoms with Crippen LogP contribution in [0.3, 0.4) is 0 Å². The molecule has 0 aliphatic rings. The Morgan fingerprint density at radius 2 is 1.74 bits per heavy atom. The van der Waals surface area contributed by atoms with E-state index >= 15 is 0 Å². The Hall–Kier alpha value is -2.64. The predicted octanol–water partition coefficient (Wildman–Crippen LogP) is 2.02. The van der Waals surface area contributed by atoms with Gasteiger partial charge < -0.3 is 19.4 Å². The van der Waals surface area contributed by atoms with E-state index in [-0.39, 0.29) is 70.0 Å². The number of pyridine rings is 1. The number of fused-ring (bicyclic) bond motifs is 1. The van der Waals surface area contributed by atoms with Gasteiger partial charge in [0.15, 0.2) is 5.78 Å². The molecule has 3 aromatic rings. The third-order valence-electron chi connectivity index (χ3n) is 4.58. The second-order valence-corrected chi connectivity index (χ2v) is 6.71. The van der Waals surface area contributed by atoms with Crippen LogP contribution >= 0.6 is 0 Å². The summed E-state index contributed by atoms with van der Waals surface area (Å²) < 4.78 is 6.72. The normalized spacial score (nSPS) is 11.2. The predicted molar refractivity (Wildman–Crippen MR) is 112 cm³/mol. The zero-order chi connectivity index (χ0) is 21.3. The summed E-state index contributed by atoms with van der Waals surface area (Å²) in [5.74, 6) is -0.342. The number of rotatable bonds is 10. The Labute approximate surface area is 204 Å². The Morgan fingerprint density at radius 3 is 2.48 bits per heavy atom. The third-order valence-corrected chi connectivity index (χ3v) is 4.58. The summed E-state index contributed by atoms with van der Waals surface area (Å²) >= 11 is 0. The molecule has 3 rings (SSSR count). The molecule has 1 heterocycles. The van der Waals surface area contributed by atoms with Gasteiger partial charge in [0.1, 0.15) is 18.9 Å². The number of hydrogen-bond donors (Lipinski definition) is 1. The van der Waals surface area contributed by atoms with Crippen molar-refractivity contribution in [3.8, 4) is 5.75 Å². The monoisotopic (exact) mass is 494 g/mol. The van der Waals surface area contributed by atoms with Gasteiger partial charge in [-0.25, -0.2) is 0 Å². The first-order valence-corrected chi connectivity index (χ1v) is 9.51. The van der Waals surface area contributed by atoms with E-state index < -0.39 is 11.9 Å². The number of nitrogens with one attached hydrogen (secondary N) is 1. The number of carbonyl (C=O) groups is 2. The molecule has 1 atom stereocenters. The van der Waals surface area contributed by atoms with Crippen molar-refractivity contribution in [2.75, 3.05) is 6.61 Å². The second-order valence-electron chi connectivity index (χ2n) is 6.71. The molecule has 1 amide bonds. The summed E-state index contributed by atoms with van der Waals surface area (Å²) in [6.07, 6.45) is 3.38. The van der Waals surface area contributed by atoms with Crippen molar-refractivity contribution >= 4 is 28.7 Å². The van der Waals surface area contributed by atoms with Crippen LogP contribution in [0.5, 0.6) is 5.75 Å². The number of ketones is 1. The summed E-state index contributed by atoms with van der Waals surface area (Å²) in [6, 6.07) is 16.8. The SMILES string of the molecule is O=[C-]CCC(NC(=O)Cn1ccc2ccccc2c1=O)C(=O)COc1ccccc1.[Y]. The Morgan fingerprint density at radius 1 is 1.03 bits per heavy atom. The van der Waals surface area contributed by atoms with Gasteiger partial charge in [0, 0.05) is 44.3 Å². The molecule has 8 heteroatoms. The number of Topliss-reactive ketones (excluding diaryl/α,β-unsaturated/α-hetero) is 1. The average Bonchev–Trinajstić information content (AvgIpc) is 2.77. The fraction of sp³-hybridized carbons (Fsp3) is 0.217. The minimum Gasteiger partial charge on any atom is -0.542 e. The maximum absolute atomic E-state index is 12.6. The molecule has 2 aromatic carbocycles. The molecule has 0 saturated carbocycles. The van der Waals surface area contributed by atoms with Crippen LogP contribution in [-0.2, 0) is 53.6 Å². The van der Waals surface area contributed by atoms with Crippen LogP contribution in [-0.4, -0.2) is 35.2 Å². The molecule has 1 unspecified atom stereocenters. The smallest absolute Gasteiger partial charge is 0.258 e. The van der Waals surface area contributed by atoms with Crippen LogP contribution in [0.1, 0.15) is 12.8 Å². The van der Waals surface area contributed by atoms with Gasteiger partial charge in [-0.1, -0.05) is 36.4 Å². The van der Waals surface area contributed by atoms with Gasteiger partial charge in [-0.15, -0.1) is 0 Å². The van der Waals surface area contributed by atoms with E-state index in [2.05, 4.69) is 5.32 Å². The Balaban J connectivity index is 0.00000341. The zero-order valence-electron chi connectivity index (χ0n) is 16.8. The van der Waals surface area contributed by atoms with Gasteiger partial charge in [0.2, 0.25) is 5.91 Å². The van der Waals surface area contributed by atoms with E-state index in [1.165, 1.54) is 4.57 Å². The number of para-hydroxylation sites is 1. The first-order valence-electron chi connectivity index (χ1n) is 9.51. The van der Waals surface area contributed by atoms with Crippen LogP contribution in [0.25, 0.3) is 10.8 Å². The number of carbonyl (C=O) groups excluding carboxylic acids is 3. The van der Waals surface area contributed by atoms with Crippen molar-refractivity contribution in [1.29, 1.82) is 0 Å². The molecule has 31 heavy (non-hydrogen) atoms. The zero-order valence-corrected chi connectivity index (χ0v) is 19.7. The maximum Gasteiger partial charge on any atom is 0.258 e. The molecule has 7 nitrogen and oxygen atoms in total. The molecule has 0 aliphatic heterocycles. The molecule has 0 fully saturated rings. The van der Waals surface area contributed by atoms with Crippen molar-refractivity contribution in [3.05, 3.63) is 77.2 Å². The first kappa shape index (κ1) is 24.6. The van der Waals surface area contributed by atoms with Crippen LogP contribution in [0, 0.1) is 0 Å². The molecule has 157 valence electrons. The number of hydrogen-bond acceptors (Lipinski definition) is 5. The summed E-state index contributed by atoms with van der Waals surface area (Å²) in [4.78, 5) is 48.2. The van der Waals surface area contributed by atoms with Gasteiger partial charge in [0.25, 0.3) is 5.56 Å². The van der Waals surface area contributed by atoms with Gasteiger partial charge in [0.05, 0.1) is 6.04 Å². The van der Waals surface area contributed by atoms with Crippen molar-refractivity contribution in [3.63, 3.8) is 0 Å². The van der Waals surface area contributed by atoms with Crippen LogP contribution < -0.4 is 15.6 Å².